The Hall–Kier alpha value is -4.54. The summed E-state index contributed by atoms with van der Waals surface area (Å²) in [6, 6.07) is 18.7. The summed E-state index contributed by atoms with van der Waals surface area (Å²) < 4.78 is 52.3. The molecule has 10 heteroatoms. The quantitative estimate of drug-likeness (QED) is 0.0900. The van der Waals surface area contributed by atoms with Gasteiger partial charge >= 0.3 is 12.1 Å². The van der Waals surface area contributed by atoms with E-state index in [9.17, 15) is 18.0 Å². The number of rotatable bonds is 9. The van der Waals surface area contributed by atoms with Gasteiger partial charge in [0.15, 0.2) is 0 Å². The van der Waals surface area contributed by atoms with Crippen molar-refractivity contribution in [2.75, 3.05) is 31.6 Å². The van der Waals surface area contributed by atoms with Crippen LogP contribution in [-0.2, 0) is 6.18 Å². The number of esters is 1. The predicted molar refractivity (Wildman–Crippen MR) is 158 cm³/mol. The maximum Gasteiger partial charge on any atom is 0.417 e. The molecule has 0 amide bonds. The van der Waals surface area contributed by atoms with Gasteiger partial charge in [0.05, 0.1) is 23.4 Å². The number of nitrogens with zero attached hydrogens (tertiary/aromatic N) is 1. The van der Waals surface area contributed by atoms with Crippen LogP contribution in [0.4, 0.5) is 23.9 Å². The third kappa shape index (κ3) is 7.56. The number of hydrogen-bond acceptors (Lipinski definition) is 7. The highest BCUT2D eigenvalue weighted by Crippen LogP contribution is 2.36. The van der Waals surface area contributed by atoms with Crippen LogP contribution in [0, 0.1) is 0 Å². The van der Waals surface area contributed by atoms with Crippen molar-refractivity contribution in [2.45, 2.75) is 6.18 Å². The highest BCUT2D eigenvalue weighted by molar-refractivity contribution is 7.16. The number of halogens is 3. The summed E-state index contributed by atoms with van der Waals surface area (Å²) in [4.78, 5) is 16.0. The van der Waals surface area contributed by atoms with Gasteiger partial charge in [0, 0.05) is 19.0 Å². The van der Waals surface area contributed by atoms with E-state index in [2.05, 4.69) is 0 Å². The fraction of sp³-hybridized carbons (Fsp3) is 0.129. The number of thiophene rings is 1. The van der Waals surface area contributed by atoms with Crippen LogP contribution in [0.1, 0.15) is 37.5 Å². The van der Waals surface area contributed by atoms with Crippen molar-refractivity contribution in [1.82, 2.24) is 0 Å². The van der Waals surface area contributed by atoms with E-state index in [0.29, 0.717) is 11.3 Å². The molecular weight excluding hydrogens is 553 g/mol. The third-order valence-electron chi connectivity index (χ3n) is 5.97. The van der Waals surface area contributed by atoms with E-state index >= 15 is 0 Å². The molecule has 1 aromatic heterocycles. The molecule has 0 fully saturated rings. The van der Waals surface area contributed by atoms with E-state index in [1.54, 1.807) is 47.7 Å². The largest absolute Gasteiger partial charge is 0.496 e. The number of alkyl halides is 3. The van der Waals surface area contributed by atoms with Crippen molar-refractivity contribution < 1.29 is 32.6 Å². The summed E-state index contributed by atoms with van der Waals surface area (Å²) in [5.74, 6) is -0.867. The van der Waals surface area contributed by atoms with Crippen LogP contribution < -0.4 is 19.9 Å². The molecule has 212 valence electrons. The Morgan fingerprint density at radius 2 is 1.61 bits per heavy atom. The maximum atomic E-state index is 13.9. The van der Waals surface area contributed by atoms with Crippen LogP contribution >= 0.6 is 11.3 Å². The Labute approximate surface area is 239 Å². The van der Waals surface area contributed by atoms with Crippen molar-refractivity contribution in [3.05, 3.63) is 105 Å². The standard InChI is InChI=1S/C31H27F3N2O4S/c1-36(2)29-17-15-25(41-29)14-7-21-8-16-26(28(18-21)39-3)30(37)40-24-13-10-22(27(19-24)31(32,33)34)9-4-20-5-11-23(35-38)12-6-20/h4-19,35,38H,1-3H3/b9-4+,14-7+. The van der Waals surface area contributed by atoms with Gasteiger partial charge in [-0.1, -0.05) is 42.5 Å². The number of carbonyl (C=O) groups excluding carboxylic acids is 1. The smallest absolute Gasteiger partial charge is 0.417 e. The summed E-state index contributed by atoms with van der Waals surface area (Å²) in [5, 5.41) is 10.0. The Bertz CT molecular complexity index is 1580. The number of ether oxygens (including phenoxy) is 2. The normalized spacial score (nSPS) is 11.7. The van der Waals surface area contributed by atoms with Crippen LogP contribution in [0.5, 0.6) is 11.5 Å². The SMILES string of the molecule is COc1cc(/C=C/c2ccc(N(C)C)s2)ccc1C(=O)Oc1ccc(/C=C/c2ccc(NO)cc2)c(C(F)(F)F)c1. The summed E-state index contributed by atoms with van der Waals surface area (Å²) in [6.45, 7) is 0. The number of carbonyl (C=O) groups is 1. The van der Waals surface area contributed by atoms with E-state index in [0.717, 1.165) is 21.5 Å². The van der Waals surface area contributed by atoms with Gasteiger partial charge < -0.3 is 14.4 Å². The molecule has 0 atom stereocenters. The molecule has 0 spiro atoms. The molecule has 0 aliphatic rings. The molecule has 2 N–H and O–H groups in total. The number of hydrogen-bond donors (Lipinski definition) is 2. The lowest BCUT2D eigenvalue weighted by molar-refractivity contribution is -0.137. The Morgan fingerprint density at radius 3 is 2.24 bits per heavy atom. The average molecular weight is 581 g/mol. The van der Waals surface area contributed by atoms with Crippen LogP contribution in [0.3, 0.4) is 0 Å². The second-order valence-electron chi connectivity index (χ2n) is 9.07. The predicted octanol–water partition coefficient (Wildman–Crippen LogP) is 8.20. The first-order valence-electron chi connectivity index (χ1n) is 12.3. The summed E-state index contributed by atoms with van der Waals surface area (Å²) in [5.41, 5.74) is 2.87. The molecule has 4 aromatic rings. The highest BCUT2D eigenvalue weighted by Gasteiger charge is 2.33. The maximum absolute atomic E-state index is 13.9. The molecule has 0 radical (unpaired) electrons. The van der Waals surface area contributed by atoms with Crippen LogP contribution in [-0.4, -0.2) is 32.4 Å². The average Bonchev–Trinajstić information content (AvgIpc) is 3.44. The third-order valence-corrected chi connectivity index (χ3v) is 7.19. The Kier molecular flexibility index (Phi) is 9.16. The highest BCUT2D eigenvalue weighted by atomic mass is 32.1. The van der Waals surface area contributed by atoms with Crippen molar-refractivity contribution >= 4 is 52.3 Å². The van der Waals surface area contributed by atoms with Gasteiger partial charge in [-0.2, -0.15) is 13.2 Å². The second-order valence-corrected chi connectivity index (χ2v) is 10.2. The lowest BCUT2D eigenvalue weighted by Gasteiger charge is -2.14. The van der Waals surface area contributed by atoms with Crippen molar-refractivity contribution in [2.24, 2.45) is 0 Å². The minimum atomic E-state index is -4.69. The van der Waals surface area contributed by atoms with Crippen LogP contribution in [0.25, 0.3) is 24.3 Å². The zero-order valence-corrected chi connectivity index (χ0v) is 23.2. The van der Waals surface area contributed by atoms with Crippen LogP contribution in [0.2, 0.25) is 0 Å². The molecule has 0 aliphatic heterocycles. The molecule has 6 nitrogen and oxygen atoms in total. The van der Waals surface area contributed by atoms with Crippen molar-refractivity contribution in [3.63, 3.8) is 0 Å². The first-order valence-corrected chi connectivity index (χ1v) is 13.1. The molecule has 3 aromatic carbocycles. The number of methoxy groups -OCH3 is 1. The lowest BCUT2D eigenvalue weighted by Crippen LogP contribution is -2.12. The molecule has 41 heavy (non-hydrogen) atoms. The van der Waals surface area contributed by atoms with E-state index in [1.165, 1.54) is 37.5 Å². The molecule has 4 rings (SSSR count). The molecule has 0 unspecified atom stereocenters. The van der Waals surface area contributed by atoms with Crippen molar-refractivity contribution in [1.29, 1.82) is 0 Å². The summed E-state index contributed by atoms with van der Waals surface area (Å²) >= 11 is 1.63. The molecule has 1 heterocycles. The fourth-order valence-corrected chi connectivity index (χ4v) is 4.67. The molecule has 0 saturated heterocycles. The monoisotopic (exact) mass is 580 g/mol. The zero-order chi connectivity index (χ0) is 29.6. The van der Waals surface area contributed by atoms with Gasteiger partial charge in [-0.25, -0.2) is 4.79 Å². The minimum Gasteiger partial charge on any atom is -0.496 e. The first kappa shape index (κ1) is 29.4. The second kappa shape index (κ2) is 12.8. The summed E-state index contributed by atoms with van der Waals surface area (Å²) in [6.07, 6.45) is 1.97. The van der Waals surface area contributed by atoms with E-state index in [1.807, 2.05) is 48.8 Å². The van der Waals surface area contributed by atoms with Gasteiger partial charge in [-0.3, -0.25) is 10.7 Å². The first-order chi connectivity index (χ1) is 19.6. The number of anilines is 2. The van der Waals surface area contributed by atoms with Gasteiger partial charge in [0.1, 0.15) is 17.1 Å². The van der Waals surface area contributed by atoms with E-state index in [-0.39, 0.29) is 22.6 Å². The minimum absolute atomic E-state index is 0.0778. The van der Waals surface area contributed by atoms with E-state index in [4.69, 9.17) is 14.7 Å². The number of benzene rings is 3. The molecule has 0 bridgehead atoms. The molecular formula is C31H27F3N2O4S. The van der Waals surface area contributed by atoms with Gasteiger partial charge in [-0.05, 0) is 71.3 Å². The Morgan fingerprint density at radius 1 is 0.902 bits per heavy atom. The van der Waals surface area contributed by atoms with Gasteiger partial charge in [0.2, 0.25) is 0 Å². The lowest BCUT2D eigenvalue weighted by atomic mass is 10.0. The van der Waals surface area contributed by atoms with Gasteiger partial charge in [-0.15, -0.1) is 11.3 Å². The zero-order valence-electron chi connectivity index (χ0n) is 22.4. The molecule has 0 saturated carbocycles. The van der Waals surface area contributed by atoms with Crippen molar-refractivity contribution in [3.8, 4) is 11.5 Å². The fourth-order valence-electron chi connectivity index (χ4n) is 3.84. The Balaban J connectivity index is 1.52. The van der Waals surface area contributed by atoms with E-state index < -0.39 is 17.7 Å². The topological polar surface area (TPSA) is 71.0 Å². The molecule has 0 aliphatic carbocycles. The van der Waals surface area contributed by atoms with Gasteiger partial charge in [0.25, 0.3) is 0 Å². The summed E-state index contributed by atoms with van der Waals surface area (Å²) in [7, 11) is 5.34. The van der Waals surface area contributed by atoms with Crippen LogP contribution in [0.15, 0.2) is 72.8 Å². The number of nitrogens with one attached hydrogen (secondary N) is 1.